The van der Waals surface area contributed by atoms with Gasteiger partial charge in [0.15, 0.2) is 0 Å². The van der Waals surface area contributed by atoms with E-state index in [1.165, 1.54) is 148 Å². The van der Waals surface area contributed by atoms with E-state index in [2.05, 4.69) is 31.3 Å². The minimum atomic E-state index is -0.859. The van der Waals surface area contributed by atoms with E-state index < -0.39 is 12.1 Å². The van der Waals surface area contributed by atoms with Gasteiger partial charge in [-0.05, 0) is 57.8 Å². The average Bonchev–Trinajstić information content (AvgIpc) is 3.17. The molecule has 0 aliphatic rings. The Morgan fingerprint density at radius 2 is 0.870 bits per heavy atom. The van der Waals surface area contributed by atoms with Crippen LogP contribution in [0, 0.1) is 0 Å². The Morgan fingerprint density at radius 1 is 0.500 bits per heavy atom. The van der Waals surface area contributed by atoms with Crippen LogP contribution in [-0.2, 0) is 14.3 Å². The van der Waals surface area contributed by atoms with Crippen molar-refractivity contribution in [2.75, 3.05) is 13.2 Å². The number of hydrogen-bond acceptors (Lipinski definition) is 5. The van der Waals surface area contributed by atoms with E-state index in [9.17, 15) is 19.8 Å². The molecule has 318 valence electrons. The summed E-state index contributed by atoms with van der Waals surface area (Å²) in [6, 6.07) is -0.645. The standard InChI is InChI=1S/C48H91NO5/c1-3-5-7-9-11-13-15-17-22-26-30-34-38-42-48(53)54-43-39-35-31-27-23-19-16-18-21-25-29-33-37-41-47(52)49-45(44-50)46(51)40-36-32-28-24-20-14-12-10-8-6-4-2/h18,21,36,40,45-46,50-51H,3-17,19-20,22-35,37-39,41-44H2,1-2H3,(H,49,52)/b21-18-,40-36+. The molecule has 2 atom stereocenters. The molecule has 0 saturated carbocycles. The summed E-state index contributed by atoms with van der Waals surface area (Å²) in [5, 5.41) is 22.9. The van der Waals surface area contributed by atoms with E-state index >= 15 is 0 Å². The van der Waals surface area contributed by atoms with E-state index in [0.717, 1.165) is 70.6 Å². The molecule has 0 aromatic rings. The quantitative estimate of drug-likeness (QED) is 0.0327. The lowest BCUT2D eigenvalue weighted by atomic mass is 10.0. The number of amides is 1. The number of aliphatic hydroxyl groups excluding tert-OH is 2. The fourth-order valence-electron chi connectivity index (χ4n) is 7.04. The van der Waals surface area contributed by atoms with Gasteiger partial charge in [-0.3, -0.25) is 9.59 Å². The molecule has 0 fully saturated rings. The maximum absolute atomic E-state index is 12.4. The Bertz CT molecular complexity index is 843. The van der Waals surface area contributed by atoms with E-state index in [1.54, 1.807) is 6.08 Å². The summed E-state index contributed by atoms with van der Waals surface area (Å²) < 4.78 is 5.44. The summed E-state index contributed by atoms with van der Waals surface area (Å²) in [5.74, 6) is -0.113. The lowest BCUT2D eigenvalue weighted by molar-refractivity contribution is -0.143. The monoisotopic (exact) mass is 762 g/mol. The number of ether oxygens (including phenoxy) is 1. The number of unbranched alkanes of at least 4 members (excludes halogenated alkanes) is 30. The highest BCUT2D eigenvalue weighted by Gasteiger charge is 2.18. The molecule has 0 rings (SSSR count). The van der Waals surface area contributed by atoms with Crippen molar-refractivity contribution < 1.29 is 24.5 Å². The molecule has 0 bridgehead atoms. The molecule has 0 aliphatic heterocycles. The summed E-state index contributed by atoms with van der Waals surface area (Å²) in [7, 11) is 0. The Hall–Kier alpha value is -1.66. The first-order valence-electron chi connectivity index (χ1n) is 23.6. The molecule has 0 saturated heterocycles. The Balaban J connectivity index is 3.52. The van der Waals surface area contributed by atoms with Gasteiger partial charge in [-0.25, -0.2) is 0 Å². The van der Waals surface area contributed by atoms with E-state index in [1.807, 2.05) is 6.08 Å². The third-order valence-corrected chi connectivity index (χ3v) is 10.7. The molecule has 0 spiro atoms. The van der Waals surface area contributed by atoms with Gasteiger partial charge in [0.25, 0.3) is 0 Å². The highest BCUT2D eigenvalue weighted by molar-refractivity contribution is 5.76. The van der Waals surface area contributed by atoms with Crippen molar-refractivity contribution in [1.82, 2.24) is 5.32 Å². The van der Waals surface area contributed by atoms with Gasteiger partial charge >= 0.3 is 5.97 Å². The number of carbonyl (C=O) groups is 2. The number of rotatable bonds is 43. The van der Waals surface area contributed by atoms with Gasteiger partial charge in [-0.2, -0.15) is 0 Å². The van der Waals surface area contributed by atoms with Crippen LogP contribution in [0.2, 0.25) is 0 Å². The van der Waals surface area contributed by atoms with Gasteiger partial charge in [-0.1, -0.05) is 199 Å². The number of allylic oxidation sites excluding steroid dienone is 3. The molecular weight excluding hydrogens is 671 g/mol. The molecule has 0 radical (unpaired) electrons. The van der Waals surface area contributed by atoms with Crippen LogP contribution in [0.1, 0.15) is 245 Å². The summed E-state index contributed by atoms with van der Waals surface area (Å²) >= 11 is 0. The van der Waals surface area contributed by atoms with Gasteiger partial charge < -0.3 is 20.3 Å². The minimum Gasteiger partial charge on any atom is -0.466 e. The predicted octanol–water partition coefficient (Wildman–Crippen LogP) is 13.6. The summed E-state index contributed by atoms with van der Waals surface area (Å²) in [4.78, 5) is 24.3. The number of hydrogen-bond donors (Lipinski definition) is 3. The number of nitrogens with one attached hydrogen (secondary N) is 1. The van der Waals surface area contributed by atoms with Crippen LogP contribution in [0.15, 0.2) is 24.3 Å². The van der Waals surface area contributed by atoms with E-state index in [0.29, 0.717) is 19.4 Å². The van der Waals surface area contributed by atoms with E-state index in [-0.39, 0.29) is 18.5 Å². The fourth-order valence-corrected chi connectivity index (χ4v) is 7.04. The minimum absolute atomic E-state index is 0.0134. The molecule has 0 aliphatic carbocycles. The molecule has 0 aromatic carbocycles. The van der Waals surface area contributed by atoms with Crippen LogP contribution >= 0.6 is 0 Å². The van der Waals surface area contributed by atoms with Crippen LogP contribution in [0.4, 0.5) is 0 Å². The van der Waals surface area contributed by atoms with Crippen molar-refractivity contribution >= 4 is 11.9 Å². The first-order valence-corrected chi connectivity index (χ1v) is 23.6. The molecule has 2 unspecified atom stereocenters. The van der Waals surface area contributed by atoms with Crippen molar-refractivity contribution in [1.29, 1.82) is 0 Å². The third-order valence-electron chi connectivity index (χ3n) is 10.7. The van der Waals surface area contributed by atoms with Crippen LogP contribution in [-0.4, -0.2) is 47.4 Å². The zero-order chi connectivity index (χ0) is 39.4. The van der Waals surface area contributed by atoms with Crippen LogP contribution < -0.4 is 5.32 Å². The Kier molecular flexibility index (Phi) is 42.7. The molecule has 6 nitrogen and oxygen atoms in total. The SMILES string of the molecule is CCCCCCCCCCC/C=C/C(O)C(CO)NC(=O)CCCCC/C=C\CCCCCCCCOC(=O)CCCCCCCCCCCCCCC. The third kappa shape index (κ3) is 40.0. The lowest BCUT2D eigenvalue weighted by Gasteiger charge is -2.19. The highest BCUT2D eigenvalue weighted by atomic mass is 16.5. The van der Waals surface area contributed by atoms with Crippen LogP contribution in [0.3, 0.4) is 0 Å². The molecule has 0 aromatic heterocycles. The molecule has 0 heterocycles. The lowest BCUT2D eigenvalue weighted by Crippen LogP contribution is -2.45. The molecule has 54 heavy (non-hydrogen) atoms. The maximum Gasteiger partial charge on any atom is 0.305 e. The first-order chi connectivity index (χ1) is 26.5. The number of aliphatic hydroxyl groups is 2. The number of esters is 1. The second-order valence-electron chi connectivity index (χ2n) is 16.1. The molecule has 6 heteroatoms. The van der Waals surface area contributed by atoms with Crippen LogP contribution in [0.5, 0.6) is 0 Å². The van der Waals surface area contributed by atoms with Gasteiger partial charge in [0, 0.05) is 12.8 Å². The smallest absolute Gasteiger partial charge is 0.305 e. The van der Waals surface area contributed by atoms with Gasteiger partial charge in [0.05, 0.1) is 25.4 Å². The predicted molar refractivity (Wildman–Crippen MR) is 232 cm³/mol. The van der Waals surface area contributed by atoms with Gasteiger partial charge in [0.2, 0.25) is 5.91 Å². The second kappa shape index (κ2) is 44.1. The molecule has 3 N–H and O–H groups in total. The maximum atomic E-state index is 12.4. The normalized spacial score (nSPS) is 12.9. The molecule has 1 amide bonds. The fraction of sp³-hybridized carbons (Fsp3) is 0.875. The summed E-state index contributed by atoms with van der Waals surface area (Å²) in [5.41, 5.74) is 0. The second-order valence-corrected chi connectivity index (χ2v) is 16.1. The summed E-state index contributed by atoms with van der Waals surface area (Å²) in [6.07, 6.45) is 50.2. The van der Waals surface area contributed by atoms with Gasteiger partial charge in [-0.15, -0.1) is 0 Å². The van der Waals surface area contributed by atoms with Crippen molar-refractivity contribution in [2.24, 2.45) is 0 Å². The largest absolute Gasteiger partial charge is 0.466 e. The highest BCUT2D eigenvalue weighted by Crippen LogP contribution is 2.15. The Morgan fingerprint density at radius 3 is 1.33 bits per heavy atom. The van der Waals surface area contributed by atoms with Crippen molar-refractivity contribution in [3.63, 3.8) is 0 Å². The first kappa shape index (κ1) is 52.3. The van der Waals surface area contributed by atoms with Crippen molar-refractivity contribution in [3.8, 4) is 0 Å². The molecular formula is C48H91NO5. The average molecular weight is 762 g/mol. The van der Waals surface area contributed by atoms with Crippen molar-refractivity contribution in [3.05, 3.63) is 24.3 Å². The van der Waals surface area contributed by atoms with Crippen LogP contribution in [0.25, 0.3) is 0 Å². The van der Waals surface area contributed by atoms with E-state index in [4.69, 9.17) is 4.74 Å². The Labute approximate surface area is 335 Å². The van der Waals surface area contributed by atoms with Crippen molar-refractivity contribution in [2.45, 2.75) is 257 Å². The topological polar surface area (TPSA) is 95.9 Å². The van der Waals surface area contributed by atoms with Gasteiger partial charge in [0.1, 0.15) is 0 Å². The zero-order valence-electron chi connectivity index (χ0n) is 36.0. The number of carbonyl (C=O) groups excluding carboxylic acids is 2. The zero-order valence-corrected chi connectivity index (χ0v) is 36.0. The summed E-state index contributed by atoms with van der Waals surface area (Å²) in [6.45, 7) is 4.83.